The number of hydrogen-bond donors (Lipinski definition) is 4. The molecule has 5 aromatic rings. The van der Waals surface area contributed by atoms with Crippen LogP contribution in [0.3, 0.4) is 0 Å². The third-order valence-electron chi connectivity index (χ3n) is 13.9. The number of aromatic nitrogens is 4. The molecule has 6 atom stereocenters. The van der Waals surface area contributed by atoms with Crippen LogP contribution in [0.5, 0.6) is 5.75 Å². The molecule has 3 fully saturated rings. The number of aromatic amines is 2. The molecule has 6 heterocycles. The predicted molar refractivity (Wildman–Crippen MR) is 239 cm³/mol. The number of carbonyl (C=O) groups is 4. The second-order valence-electron chi connectivity index (χ2n) is 18.0. The van der Waals surface area contributed by atoms with Gasteiger partial charge < -0.3 is 49.3 Å². The monoisotopic (exact) mass is 874 g/mol. The minimum atomic E-state index is -0.728. The summed E-state index contributed by atoms with van der Waals surface area (Å²) in [6, 6.07) is 12.7. The van der Waals surface area contributed by atoms with Gasteiger partial charge in [0.15, 0.2) is 0 Å². The fraction of sp³-hybridized carbons (Fsp3) is 0.500. The highest BCUT2D eigenvalue weighted by Gasteiger charge is 2.44. The molecule has 0 spiro atoms. The molecule has 64 heavy (non-hydrogen) atoms. The van der Waals surface area contributed by atoms with Crippen LogP contribution in [0.2, 0.25) is 0 Å². The van der Waals surface area contributed by atoms with Crippen molar-refractivity contribution in [3.63, 3.8) is 0 Å². The lowest BCUT2D eigenvalue weighted by Crippen LogP contribution is -2.54. The zero-order valence-corrected chi connectivity index (χ0v) is 37.4. The van der Waals surface area contributed by atoms with Gasteiger partial charge in [0.25, 0.3) is 0 Å². The van der Waals surface area contributed by atoms with E-state index in [4.69, 9.17) is 28.9 Å². The number of amides is 4. The van der Waals surface area contributed by atoms with Crippen molar-refractivity contribution in [2.75, 3.05) is 27.4 Å². The Balaban J connectivity index is 0.965. The number of carbonyl (C=O) groups excluding carboxylic acids is 4. The number of alkyl carbamates (subject to hydrolysis) is 2. The fourth-order valence-corrected chi connectivity index (χ4v) is 10.4. The van der Waals surface area contributed by atoms with E-state index in [-0.39, 0.29) is 47.8 Å². The number of nitrogens with one attached hydrogen (secondary N) is 4. The molecule has 9 rings (SSSR count). The van der Waals surface area contributed by atoms with Crippen molar-refractivity contribution in [1.82, 2.24) is 40.4 Å². The Labute approximate surface area is 372 Å². The topological polar surface area (TPSA) is 193 Å². The van der Waals surface area contributed by atoms with E-state index in [2.05, 4.69) is 63.9 Å². The molecule has 0 aliphatic carbocycles. The Kier molecular flexibility index (Phi) is 12.0. The maximum Gasteiger partial charge on any atom is 0.407 e. The van der Waals surface area contributed by atoms with Gasteiger partial charge in [-0.1, -0.05) is 39.0 Å². The van der Waals surface area contributed by atoms with Gasteiger partial charge in [-0.2, -0.15) is 0 Å². The molecular weight excluding hydrogens is 817 g/mol. The molecule has 0 saturated carbocycles. The SMILES string of the molecule is CCC1CCC(c2ncc(-c3ccc4c(c3)COc3cc5c(ccc6[nH]c(C7CCC(C)N7C(=O)C(NC(=O)OC)C(C)C)nc65)cc3-4)[nH]2)N1C(=O)C(NC(=O)OC)C1CCOCC1. The Morgan fingerprint density at radius 1 is 0.844 bits per heavy atom. The number of rotatable bonds is 10. The molecule has 338 valence electrons. The Bertz CT molecular complexity index is 2580. The van der Waals surface area contributed by atoms with Gasteiger partial charge in [0.05, 0.1) is 49.2 Å². The Hall–Kier alpha value is -6.16. The van der Waals surface area contributed by atoms with E-state index in [9.17, 15) is 19.2 Å². The van der Waals surface area contributed by atoms with Gasteiger partial charge in [0.1, 0.15) is 36.1 Å². The average Bonchev–Trinajstić information content (AvgIpc) is 4.14. The van der Waals surface area contributed by atoms with E-state index in [1.807, 2.05) is 42.8 Å². The van der Waals surface area contributed by atoms with Crippen LogP contribution in [0, 0.1) is 11.8 Å². The highest BCUT2D eigenvalue weighted by atomic mass is 16.5. The number of benzene rings is 3. The predicted octanol–water partition coefficient (Wildman–Crippen LogP) is 7.69. The normalized spacial score (nSPS) is 21.9. The van der Waals surface area contributed by atoms with E-state index in [0.717, 1.165) is 93.4 Å². The van der Waals surface area contributed by atoms with Gasteiger partial charge in [-0.25, -0.2) is 19.6 Å². The molecule has 2 aromatic heterocycles. The molecular formula is C48H58N8O8. The molecule has 4 aliphatic rings. The first-order valence-corrected chi connectivity index (χ1v) is 22.7. The molecule has 4 aliphatic heterocycles. The summed E-state index contributed by atoms with van der Waals surface area (Å²) in [5.74, 6) is 1.76. The minimum Gasteiger partial charge on any atom is -0.488 e. The summed E-state index contributed by atoms with van der Waals surface area (Å²) >= 11 is 0. The fourth-order valence-electron chi connectivity index (χ4n) is 10.4. The molecule has 16 nitrogen and oxygen atoms in total. The quantitative estimate of drug-likeness (QED) is 0.108. The Morgan fingerprint density at radius 3 is 2.34 bits per heavy atom. The summed E-state index contributed by atoms with van der Waals surface area (Å²) in [5, 5.41) is 7.57. The molecule has 0 radical (unpaired) electrons. The number of fused-ring (bicyclic) bond motifs is 6. The van der Waals surface area contributed by atoms with Crippen LogP contribution in [-0.2, 0) is 30.4 Å². The minimum absolute atomic E-state index is 0.0223. The van der Waals surface area contributed by atoms with Gasteiger partial charge in [-0.3, -0.25) is 9.59 Å². The van der Waals surface area contributed by atoms with Crippen molar-refractivity contribution in [3.05, 3.63) is 65.9 Å². The second kappa shape index (κ2) is 17.8. The number of H-pyrrole nitrogens is 2. The lowest BCUT2D eigenvalue weighted by atomic mass is 9.90. The molecule has 4 N–H and O–H groups in total. The standard InChI is InChI=1S/C48H58N8O8/c1-7-31-11-15-37(56(31)46(58)41(54-48(60)62-6)27-16-18-63-19-17-27)43-49-23-36(51-43)29-9-12-32-30(20-29)24-64-39-22-33-28(21-34(32)39)10-13-35-42(33)52-44(50-35)38-14-8-26(4)55(38)45(57)40(25(2)3)53-47(59)61-5/h9-10,12-13,20-23,25-27,31,37-38,40-41H,7-8,11,14-19,24H2,1-6H3,(H,49,51)(H,50,52)(H,53,59)(H,54,60). The van der Waals surface area contributed by atoms with Gasteiger partial charge in [-0.05, 0) is 110 Å². The molecule has 3 saturated heterocycles. The summed E-state index contributed by atoms with van der Waals surface area (Å²) < 4.78 is 21.8. The van der Waals surface area contributed by atoms with E-state index >= 15 is 0 Å². The van der Waals surface area contributed by atoms with Crippen LogP contribution in [0.15, 0.2) is 48.7 Å². The highest BCUT2D eigenvalue weighted by molar-refractivity contribution is 6.07. The smallest absolute Gasteiger partial charge is 0.407 e. The lowest BCUT2D eigenvalue weighted by Gasteiger charge is -2.36. The Morgan fingerprint density at radius 2 is 1.59 bits per heavy atom. The molecule has 16 heteroatoms. The van der Waals surface area contributed by atoms with Crippen LogP contribution in [0.25, 0.3) is 44.2 Å². The first-order valence-electron chi connectivity index (χ1n) is 22.7. The van der Waals surface area contributed by atoms with Crippen molar-refractivity contribution in [2.24, 2.45) is 11.8 Å². The second-order valence-corrected chi connectivity index (χ2v) is 18.0. The van der Waals surface area contributed by atoms with Gasteiger partial charge in [0, 0.05) is 36.2 Å². The maximum absolute atomic E-state index is 14.4. The zero-order valence-electron chi connectivity index (χ0n) is 37.4. The number of nitrogens with zero attached hydrogens (tertiary/aromatic N) is 4. The van der Waals surface area contributed by atoms with Crippen LogP contribution >= 0.6 is 0 Å². The third-order valence-corrected chi connectivity index (χ3v) is 13.9. The van der Waals surface area contributed by atoms with Crippen molar-refractivity contribution in [3.8, 4) is 28.1 Å². The van der Waals surface area contributed by atoms with E-state index in [1.165, 1.54) is 14.2 Å². The van der Waals surface area contributed by atoms with E-state index < -0.39 is 24.3 Å². The van der Waals surface area contributed by atoms with E-state index in [1.54, 1.807) is 0 Å². The molecule has 0 bridgehead atoms. The van der Waals surface area contributed by atoms with Crippen molar-refractivity contribution >= 4 is 45.8 Å². The summed E-state index contributed by atoms with van der Waals surface area (Å²) in [6.07, 6.45) is 5.91. The number of ether oxygens (including phenoxy) is 4. The third kappa shape index (κ3) is 7.90. The summed E-state index contributed by atoms with van der Waals surface area (Å²) in [6.45, 7) is 9.43. The largest absolute Gasteiger partial charge is 0.488 e. The zero-order chi connectivity index (χ0) is 44.8. The van der Waals surface area contributed by atoms with Crippen LogP contribution in [0.1, 0.15) is 102 Å². The van der Waals surface area contributed by atoms with Crippen LogP contribution < -0.4 is 15.4 Å². The van der Waals surface area contributed by atoms with Crippen LogP contribution in [0.4, 0.5) is 9.59 Å². The van der Waals surface area contributed by atoms with Crippen molar-refractivity contribution in [1.29, 1.82) is 0 Å². The van der Waals surface area contributed by atoms with Gasteiger partial charge in [0.2, 0.25) is 11.8 Å². The van der Waals surface area contributed by atoms with Crippen molar-refractivity contribution < 1.29 is 38.1 Å². The highest BCUT2D eigenvalue weighted by Crippen LogP contribution is 2.44. The maximum atomic E-state index is 14.4. The van der Waals surface area contributed by atoms with Gasteiger partial charge >= 0.3 is 12.2 Å². The molecule has 6 unspecified atom stereocenters. The summed E-state index contributed by atoms with van der Waals surface area (Å²) in [7, 11) is 2.61. The van der Waals surface area contributed by atoms with Crippen LogP contribution in [-0.4, -0.2) is 105 Å². The average molecular weight is 875 g/mol. The summed E-state index contributed by atoms with van der Waals surface area (Å²) in [5.41, 5.74) is 6.60. The number of imidazole rings is 2. The number of likely N-dealkylation sites (tertiary alicyclic amines) is 2. The number of hydrogen-bond acceptors (Lipinski definition) is 10. The molecule has 3 aromatic carbocycles. The van der Waals surface area contributed by atoms with Gasteiger partial charge in [-0.15, -0.1) is 0 Å². The first-order chi connectivity index (χ1) is 31.0. The first kappa shape index (κ1) is 43.1. The lowest BCUT2D eigenvalue weighted by molar-refractivity contribution is -0.139. The van der Waals surface area contributed by atoms with Crippen molar-refractivity contribution in [2.45, 2.75) is 115 Å². The molecule has 4 amide bonds. The van der Waals surface area contributed by atoms with E-state index in [0.29, 0.717) is 38.5 Å². The summed E-state index contributed by atoms with van der Waals surface area (Å²) in [4.78, 5) is 73.9. The number of methoxy groups -OCH3 is 2.